The van der Waals surface area contributed by atoms with Crippen molar-refractivity contribution in [3.8, 4) is 5.75 Å². The zero-order valence-corrected chi connectivity index (χ0v) is 21.7. The molecule has 0 aliphatic carbocycles. The Morgan fingerprint density at radius 2 is 1.36 bits per heavy atom. The van der Waals surface area contributed by atoms with Crippen LogP contribution in [0.15, 0.2) is 114 Å². The van der Waals surface area contributed by atoms with E-state index in [0.29, 0.717) is 16.9 Å². The lowest BCUT2D eigenvalue weighted by molar-refractivity contribution is -0.126. The summed E-state index contributed by atoms with van der Waals surface area (Å²) in [5.41, 5.74) is 2.69. The quantitative estimate of drug-likeness (QED) is 0.256. The minimum atomic E-state index is -4.01. The first-order valence-electron chi connectivity index (χ1n) is 12.4. The molecule has 0 bridgehead atoms. The molecule has 196 valence electrons. The van der Waals surface area contributed by atoms with Crippen molar-refractivity contribution in [1.82, 2.24) is 0 Å². The average molecular weight is 541 g/mol. The van der Waals surface area contributed by atoms with Gasteiger partial charge in [-0.15, -0.1) is 0 Å². The van der Waals surface area contributed by atoms with Crippen molar-refractivity contribution in [3.63, 3.8) is 0 Å². The summed E-state index contributed by atoms with van der Waals surface area (Å²) in [4.78, 5) is 34.8. The van der Waals surface area contributed by atoms with E-state index in [1.165, 1.54) is 29.2 Å². The van der Waals surface area contributed by atoms with Gasteiger partial charge in [0.2, 0.25) is 5.91 Å². The highest BCUT2D eigenvalue weighted by molar-refractivity contribution is 7.87. The summed E-state index contributed by atoms with van der Waals surface area (Å²) >= 11 is 0. The molecule has 4 aromatic carbocycles. The summed E-state index contributed by atoms with van der Waals surface area (Å²) in [5, 5.41) is 1.59. The zero-order chi connectivity index (χ0) is 27.1. The van der Waals surface area contributed by atoms with Crippen LogP contribution in [0.1, 0.15) is 17.2 Å². The van der Waals surface area contributed by atoms with Gasteiger partial charge < -0.3 is 4.18 Å². The Bertz CT molecular complexity index is 1640. The first-order valence-corrected chi connectivity index (χ1v) is 13.8. The lowest BCUT2D eigenvalue weighted by Crippen LogP contribution is -2.37. The van der Waals surface area contributed by atoms with Gasteiger partial charge in [0, 0.05) is 0 Å². The molecule has 6 rings (SSSR count). The second kappa shape index (κ2) is 9.68. The lowest BCUT2D eigenvalue weighted by atomic mass is 9.90. The molecule has 0 unspecified atom stereocenters. The van der Waals surface area contributed by atoms with E-state index in [1.54, 1.807) is 47.5 Å². The van der Waals surface area contributed by atoms with Crippen LogP contribution in [0.2, 0.25) is 0 Å². The van der Waals surface area contributed by atoms with E-state index < -0.39 is 34.1 Å². The van der Waals surface area contributed by atoms with Crippen molar-refractivity contribution >= 4 is 33.3 Å². The number of hydroxylamine groups is 1. The second-order valence-corrected chi connectivity index (χ2v) is 10.9. The van der Waals surface area contributed by atoms with E-state index >= 15 is 0 Å². The van der Waals surface area contributed by atoms with Crippen LogP contribution in [0.25, 0.3) is 0 Å². The monoisotopic (exact) mass is 540 g/mol. The van der Waals surface area contributed by atoms with Gasteiger partial charge in [-0.1, -0.05) is 66.7 Å². The highest BCUT2D eigenvalue weighted by Crippen LogP contribution is 2.48. The number of benzene rings is 4. The molecule has 8 nitrogen and oxygen atoms in total. The summed E-state index contributed by atoms with van der Waals surface area (Å²) in [6, 6.07) is 30.2. The summed E-state index contributed by atoms with van der Waals surface area (Å²) < 4.78 is 30.7. The van der Waals surface area contributed by atoms with E-state index in [0.717, 1.165) is 5.56 Å². The molecule has 2 aliphatic heterocycles. The van der Waals surface area contributed by atoms with E-state index in [2.05, 4.69) is 0 Å². The molecule has 39 heavy (non-hydrogen) atoms. The predicted molar refractivity (Wildman–Crippen MR) is 144 cm³/mol. The highest BCUT2D eigenvalue weighted by atomic mass is 32.2. The fourth-order valence-corrected chi connectivity index (χ4v) is 6.04. The number of hydrogen-bond acceptors (Lipinski definition) is 7. The zero-order valence-electron chi connectivity index (χ0n) is 20.9. The average Bonchev–Trinajstić information content (AvgIpc) is 3.46. The molecular formula is C30H24N2O6S. The van der Waals surface area contributed by atoms with Crippen molar-refractivity contribution < 1.29 is 27.0 Å². The summed E-state index contributed by atoms with van der Waals surface area (Å²) in [7, 11) is -4.01. The number of fused-ring (bicyclic) bond motifs is 1. The Balaban J connectivity index is 1.35. The number of carbonyl (C=O) groups is 2. The summed E-state index contributed by atoms with van der Waals surface area (Å²) in [6.45, 7) is 1.85. The van der Waals surface area contributed by atoms with Crippen LogP contribution in [-0.4, -0.2) is 26.3 Å². The van der Waals surface area contributed by atoms with E-state index in [9.17, 15) is 18.0 Å². The molecule has 0 spiro atoms. The maximum Gasteiger partial charge on any atom is 0.339 e. The Hall–Kier alpha value is -4.47. The molecule has 9 heteroatoms. The first-order chi connectivity index (χ1) is 18.8. The van der Waals surface area contributed by atoms with Gasteiger partial charge in [-0.3, -0.25) is 14.4 Å². The van der Waals surface area contributed by atoms with Gasteiger partial charge in [0.15, 0.2) is 6.10 Å². The van der Waals surface area contributed by atoms with E-state index in [4.69, 9.17) is 9.02 Å². The predicted octanol–water partition coefficient (Wildman–Crippen LogP) is 4.81. The minimum Gasteiger partial charge on any atom is -0.379 e. The highest BCUT2D eigenvalue weighted by Gasteiger charge is 2.60. The van der Waals surface area contributed by atoms with Crippen molar-refractivity contribution in [2.75, 3.05) is 9.96 Å². The van der Waals surface area contributed by atoms with E-state index in [-0.39, 0.29) is 16.6 Å². The van der Waals surface area contributed by atoms with Gasteiger partial charge >= 0.3 is 10.1 Å². The number of aryl methyl sites for hydroxylation is 1. The molecule has 0 N–H and O–H groups in total. The number of imide groups is 1. The van der Waals surface area contributed by atoms with Gasteiger partial charge in [0.25, 0.3) is 5.91 Å². The SMILES string of the molecule is Cc1ccccc1N1C(=O)[C@@H]2[C@H](ON(c3ccccc3)[C@H]2c2ccc(OS(=O)(=O)c3ccccc3)cc2)C1=O. The number of rotatable bonds is 6. The fraction of sp³-hybridized carbons (Fsp3) is 0.133. The lowest BCUT2D eigenvalue weighted by Gasteiger charge is -2.29. The molecule has 2 fully saturated rings. The Morgan fingerprint density at radius 3 is 2.03 bits per heavy atom. The Labute approximate surface area is 226 Å². The molecule has 2 aliphatic rings. The second-order valence-electron chi connectivity index (χ2n) is 9.38. The third-order valence-electron chi connectivity index (χ3n) is 6.94. The van der Waals surface area contributed by atoms with Crippen LogP contribution in [-0.2, 0) is 24.5 Å². The minimum absolute atomic E-state index is 0.0442. The van der Waals surface area contributed by atoms with Gasteiger partial charge in [-0.25, -0.2) is 9.96 Å². The fourth-order valence-electron chi connectivity index (χ4n) is 5.09. The van der Waals surface area contributed by atoms with E-state index in [1.807, 2.05) is 49.4 Å². The summed E-state index contributed by atoms with van der Waals surface area (Å²) in [5.74, 6) is -1.46. The number of nitrogens with zero attached hydrogens (tertiary/aromatic N) is 2. The molecule has 0 aromatic heterocycles. The van der Waals surface area contributed by atoms with Crippen LogP contribution in [0.5, 0.6) is 5.75 Å². The number of hydrogen-bond donors (Lipinski definition) is 0. The third-order valence-corrected chi connectivity index (χ3v) is 8.20. The number of carbonyl (C=O) groups excluding carboxylic acids is 2. The van der Waals surface area contributed by atoms with Crippen LogP contribution in [0.4, 0.5) is 11.4 Å². The standard InChI is InChI=1S/C30H24N2O6S/c1-20-10-8-9-15-25(20)31-29(33)26-27(32(37-28(26)30(31)34)22-11-4-2-5-12-22)21-16-18-23(19-17-21)38-39(35,36)24-13-6-3-7-14-24/h2-19,26-28H,1H3/t26-,27-,28-/m0/s1. The Kier molecular flexibility index (Phi) is 6.17. The Morgan fingerprint density at radius 1 is 0.744 bits per heavy atom. The molecule has 0 radical (unpaired) electrons. The topological polar surface area (TPSA) is 93.2 Å². The molecule has 4 aromatic rings. The number of amides is 2. The van der Waals surface area contributed by atoms with Gasteiger partial charge in [0.1, 0.15) is 16.6 Å². The van der Waals surface area contributed by atoms with Crippen molar-refractivity contribution in [2.24, 2.45) is 5.92 Å². The first kappa shape index (κ1) is 24.8. The van der Waals surface area contributed by atoms with Crippen LogP contribution in [0, 0.1) is 12.8 Å². The van der Waals surface area contributed by atoms with Crippen LogP contribution in [0.3, 0.4) is 0 Å². The van der Waals surface area contributed by atoms with Crippen molar-refractivity contribution in [3.05, 3.63) is 120 Å². The molecule has 0 saturated carbocycles. The van der Waals surface area contributed by atoms with Gasteiger partial charge in [0.05, 0.1) is 17.4 Å². The molecule has 2 heterocycles. The maximum atomic E-state index is 13.8. The van der Waals surface area contributed by atoms with Crippen LogP contribution >= 0.6 is 0 Å². The molecule has 2 saturated heterocycles. The summed E-state index contributed by atoms with van der Waals surface area (Å²) in [6.07, 6.45) is -1.00. The van der Waals surface area contributed by atoms with Crippen molar-refractivity contribution in [1.29, 1.82) is 0 Å². The number of anilines is 2. The molecule has 2 amide bonds. The van der Waals surface area contributed by atoms with Crippen molar-refractivity contribution in [2.45, 2.75) is 24.0 Å². The maximum absolute atomic E-state index is 13.8. The normalized spacial score (nSPS) is 20.8. The van der Waals surface area contributed by atoms with Crippen LogP contribution < -0.4 is 14.1 Å². The van der Waals surface area contributed by atoms with Gasteiger partial charge in [-0.2, -0.15) is 8.42 Å². The van der Waals surface area contributed by atoms with Gasteiger partial charge in [-0.05, 0) is 60.5 Å². The molecule has 3 atom stereocenters. The largest absolute Gasteiger partial charge is 0.379 e. The smallest absolute Gasteiger partial charge is 0.339 e. The third kappa shape index (κ3) is 4.35. The molecular weight excluding hydrogens is 516 g/mol. The number of para-hydroxylation sites is 2.